The Morgan fingerprint density at radius 3 is 2.81 bits per heavy atom. The molecule has 4 heteroatoms. The summed E-state index contributed by atoms with van der Waals surface area (Å²) in [6, 6.07) is 5.77. The number of halogens is 1. The van der Waals surface area contributed by atoms with E-state index in [0.29, 0.717) is 12.2 Å². The topological polar surface area (TPSA) is 50.1 Å². The summed E-state index contributed by atoms with van der Waals surface area (Å²) >= 11 is 2.17. The van der Waals surface area contributed by atoms with Crippen molar-refractivity contribution < 1.29 is 9.53 Å². The van der Waals surface area contributed by atoms with Crippen LogP contribution < -0.4 is 0 Å². The maximum atomic E-state index is 11.3. The lowest BCUT2D eigenvalue weighted by molar-refractivity contribution is -0.142. The molecule has 1 aromatic rings. The highest BCUT2D eigenvalue weighted by molar-refractivity contribution is 14.1. The van der Waals surface area contributed by atoms with E-state index in [1.54, 1.807) is 13.0 Å². The van der Waals surface area contributed by atoms with Gasteiger partial charge in [-0.25, -0.2) is 0 Å². The molecule has 0 unspecified atom stereocenters. The molecule has 16 heavy (non-hydrogen) atoms. The fourth-order valence-corrected chi connectivity index (χ4v) is 1.83. The van der Waals surface area contributed by atoms with Crippen molar-refractivity contribution in [2.75, 3.05) is 6.61 Å². The minimum absolute atomic E-state index is 0.161. The van der Waals surface area contributed by atoms with Crippen molar-refractivity contribution in [1.82, 2.24) is 0 Å². The average molecular weight is 329 g/mol. The van der Waals surface area contributed by atoms with Gasteiger partial charge in [0.2, 0.25) is 0 Å². The van der Waals surface area contributed by atoms with E-state index in [1.807, 2.05) is 13.0 Å². The first-order chi connectivity index (χ1) is 7.58. The number of carbonyl (C=O) groups is 1. The van der Waals surface area contributed by atoms with Gasteiger partial charge in [-0.05, 0) is 53.6 Å². The summed E-state index contributed by atoms with van der Waals surface area (Å²) in [7, 11) is 0. The third kappa shape index (κ3) is 3.20. The summed E-state index contributed by atoms with van der Waals surface area (Å²) in [6.45, 7) is 4.09. The van der Waals surface area contributed by atoms with Crippen LogP contribution in [0.4, 0.5) is 0 Å². The first-order valence-corrected chi connectivity index (χ1v) is 6.01. The summed E-state index contributed by atoms with van der Waals surface area (Å²) in [4.78, 5) is 11.3. The summed E-state index contributed by atoms with van der Waals surface area (Å²) in [5.74, 6) is -0.292. The van der Waals surface area contributed by atoms with Crippen LogP contribution in [0.3, 0.4) is 0 Å². The zero-order chi connectivity index (χ0) is 12.1. The molecule has 1 rings (SSSR count). The fourth-order valence-electron chi connectivity index (χ4n) is 1.36. The van der Waals surface area contributed by atoms with Crippen LogP contribution in [0.15, 0.2) is 12.1 Å². The zero-order valence-corrected chi connectivity index (χ0v) is 11.4. The Kier molecular flexibility index (Phi) is 4.74. The van der Waals surface area contributed by atoms with E-state index >= 15 is 0 Å². The van der Waals surface area contributed by atoms with Crippen LogP contribution in [0.25, 0.3) is 0 Å². The lowest BCUT2D eigenvalue weighted by Gasteiger charge is -2.07. The van der Waals surface area contributed by atoms with Gasteiger partial charge >= 0.3 is 5.97 Å². The molecule has 84 valence electrons. The second kappa shape index (κ2) is 5.85. The minimum atomic E-state index is -0.292. The van der Waals surface area contributed by atoms with Gasteiger partial charge in [-0.3, -0.25) is 4.79 Å². The SMILES string of the molecule is CCOC(=O)Cc1cc(C)c(I)cc1C#N. The van der Waals surface area contributed by atoms with Crippen molar-refractivity contribution in [2.45, 2.75) is 20.3 Å². The Hall–Kier alpha value is -1.09. The van der Waals surface area contributed by atoms with Gasteiger partial charge in [-0.15, -0.1) is 0 Å². The quantitative estimate of drug-likeness (QED) is 0.633. The third-order valence-electron chi connectivity index (χ3n) is 2.15. The van der Waals surface area contributed by atoms with Gasteiger partial charge in [0.25, 0.3) is 0 Å². The second-order valence-corrected chi connectivity index (χ2v) is 4.51. The van der Waals surface area contributed by atoms with Gasteiger partial charge in [-0.2, -0.15) is 5.26 Å². The average Bonchev–Trinajstić information content (AvgIpc) is 2.23. The molecule has 0 amide bonds. The Morgan fingerprint density at radius 2 is 2.25 bits per heavy atom. The number of aryl methyl sites for hydroxylation is 1. The number of rotatable bonds is 3. The number of benzene rings is 1. The summed E-state index contributed by atoms with van der Waals surface area (Å²) in [5, 5.41) is 8.97. The molecular weight excluding hydrogens is 317 g/mol. The Bertz CT molecular complexity index is 449. The Balaban J connectivity index is 3.00. The molecule has 0 saturated carbocycles. The molecule has 0 aromatic heterocycles. The largest absolute Gasteiger partial charge is 0.466 e. The van der Waals surface area contributed by atoms with Crippen LogP contribution in [0.2, 0.25) is 0 Å². The van der Waals surface area contributed by atoms with E-state index in [4.69, 9.17) is 10.00 Å². The van der Waals surface area contributed by atoms with Crippen molar-refractivity contribution in [3.05, 3.63) is 32.4 Å². The summed E-state index contributed by atoms with van der Waals surface area (Å²) in [6.07, 6.45) is 0.161. The maximum Gasteiger partial charge on any atom is 0.310 e. The van der Waals surface area contributed by atoms with Crippen molar-refractivity contribution in [3.63, 3.8) is 0 Å². The predicted octanol–water partition coefficient (Wildman–Crippen LogP) is 2.58. The Morgan fingerprint density at radius 1 is 1.56 bits per heavy atom. The molecule has 3 nitrogen and oxygen atoms in total. The molecule has 0 N–H and O–H groups in total. The number of hydrogen-bond acceptors (Lipinski definition) is 3. The number of nitrogens with zero attached hydrogens (tertiary/aromatic N) is 1. The molecule has 0 atom stereocenters. The van der Waals surface area contributed by atoms with E-state index < -0.39 is 0 Å². The predicted molar refractivity (Wildman–Crippen MR) is 68.9 cm³/mol. The summed E-state index contributed by atoms with van der Waals surface area (Å²) < 4.78 is 5.89. The van der Waals surface area contributed by atoms with Gasteiger partial charge in [0, 0.05) is 3.57 Å². The van der Waals surface area contributed by atoms with Crippen LogP contribution in [0.1, 0.15) is 23.6 Å². The van der Waals surface area contributed by atoms with Crippen LogP contribution in [0.5, 0.6) is 0 Å². The minimum Gasteiger partial charge on any atom is -0.466 e. The maximum absolute atomic E-state index is 11.3. The van der Waals surface area contributed by atoms with Gasteiger partial charge in [0.15, 0.2) is 0 Å². The van der Waals surface area contributed by atoms with E-state index in [0.717, 1.165) is 14.7 Å². The summed E-state index contributed by atoms with van der Waals surface area (Å²) in [5.41, 5.74) is 2.35. The molecule has 0 aliphatic heterocycles. The van der Waals surface area contributed by atoms with E-state index in [2.05, 4.69) is 28.7 Å². The van der Waals surface area contributed by atoms with Crippen molar-refractivity contribution >= 4 is 28.6 Å². The van der Waals surface area contributed by atoms with E-state index in [-0.39, 0.29) is 12.4 Å². The molecule has 0 heterocycles. The lowest BCUT2D eigenvalue weighted by atomic mass is 10.0. The highest BCUT2D eigenvalue weighted by Crippen LogP contribution is 2.18. The van der Waals surface area contributed by atoms with Crippen molar-refractivity contribution in [1.29, 1.82) is 5.26 Å². The first-order valence-electron chi connectivity index (χ1n) is 4.93. The van der Waals surface area contributed by atoms with Crippen LogP contribution in [-0.2, 0) is 16.0 Å². The highest BCUT2D eigenvalue weighted by atomic mass is 127. The number of nitriles is 1. The fraction of sp³-hybridized carbons (Fsp3) is 0.333. The van der Waals surface area contributed by atoms with E-state index in [1.165, 1.54) is 0 Å². The Labute approximate surface area is 109 Å². The van der Waals surface area contributed by atoms with Gasteiger partial charge < -0.3 is 4.74 Å². The standard InChI is InChI=1S/C12H12INO2/c1-3-16-12(15)6-9-4-8(2)11(13)5-10(9)7-14/h4-5H,3,6H2,1-2H3. The first kappa shape index (κ1) is 13.0. The molecule has 0 aliphatic carbocycles. The van der Waals surface area contributed by atoms with Gasteiger partial charge in [0.05, 0.1) is 24.7 Å². The highest BCUT2D eigenvalue weighted by Gasteiger charge is 2.10. The second-order valence-electron chi connectivity index (χ2n) is 3.35. The van der Waals surface area contributed by atoms with E-state index in [9.17, 15) is 4.79 Å². The molecule has 0 bridgehead atoms. The van der Waals surface area contributed by atoms with Gasteiger partial charge in [-0.1, -0.05) is 6.07 Å². The molecule has 0 aliphatic rings. The van der Waals surface area contributed by atoms with Crippen LogP contribution in [0, 0.1) is 21.8 Å². The van der Waals surface area contributed by atoms with Crippen molar-refractivity contribution in [2.24, 2.45) is 0 Å². The lowest BCUT2D eigenvalue weighted by Crippen LogP contribution is -2.09. The molecule has 0 fully saturated rings. The molecular formula is C12H12INO2. The normalized spacial score (nSPS) is 9.62. The van der Waals surface area contributed by atoms with Crippen LogP contribution >= 0.6 is 22.6 Å². The molecule has 0 spiro atoms. The number of carbonyl (C=O) groups excluding carboxylic acids is 1. The molecule has 1 aromatic carbocycles. The number of ether oxygens (including phenoxy) is 1. The van der Waals surface area contributed by atoms with Crippen LogP contribution in [-0.4, -0.2) is 12.6 Å². The molecule has 0 radical (unpaired) electrons. The van der Waals surface area contributed by atoms with Crippen molar-refractivity contribution in [3.8, 4) is 6.07 Å². The number of hydrogen-bond donors (Lipinski definition) is 0. The smallest absolute Gasteiger partial charge is 0.310 e. The third-order valence-corrected chi connectivity index (χ3v) is 3.31. The monoisotopic (exact) mass is 329 g/mol. The van der Waals surface area contributed by atoms with Gasteiger partial charge in [0.1, 0.15) is 0 Å². The molecule has 0 saturated heterocycles. The number of esters is 1. The zero-order valence-electron chi connectivity index (χ0n) is 9.21.